The average Bonchev–Trinajstić information content (AvgIpc) is 2.14. The van der Waals surface area contributed by atoms with Gasteiger partial charge < -0.3 is 14.6 Å². The standard InChI is InChI=1S/C9H19NO3/c1-12-9(13-2)7-10-5-3-4-8(11)6-10/h8-9,11H,3-7H2,1-2H3. The zero-order valence-corrected chi connectivity index (χ0v) is 8.40. The Morgan fingerprint density at radius 1 is 1.46 bits per heavy atom. The fraction of sp³-hybridized carbons (Fsp3) is 1.00. The lowest BCUT2D eigenvalue weighted by Gasteiger charge is -2.31. The molecule has 0 aromatic heterocycles. The number of hydrogen-bond donors (Lipinski definition) is 1. The van der Waals surface area contributed by atoms with Crippen molar-refractivity contribution < 1.29 is 14.6 Å². The summed E-state index contributed by atoms with van der Waals surface area (Å²) in [4.78, 5) is 2.17. The summed E-state index contributed by atoms with van der Waals surface area (Å²) in [5, 5.41) is 9.41. The van der Waals surface area contributed by atoms with Gasteiger partial charge in [0.15, 0.2) is 6.29 Å². The Bertz CT molecular complexity index is 139. The third-order valence-electron chi connectivity index (χ3n) is 2.41. The SMILES string of the molecule is COC(CN1CCCC(O)C1)OC. The minimum absolute atomic E-state index is 0.176. The third-order valence-corrected chi connectivity index (χ3v) is 2.41. The van der Waals surface area contributed by atoms with Crippen molar-refractivity contribution in [1.82, 2.24) is 4.90 Å². The minimum Gasteiger partial charge on any atom is -0.392 e. The van der Waals surface area contributed by atoms with E-state index >= 15 is 0 Å². The monoisotopic (exact) mass is 189 g/mol. The van der Waals surface area contributed by atoms with E-state index in [4.69, 9.17) is 9.47 Å². The Hall–Kier alpha value is -0.160. The van der Waals surface area contributed by atoms with Crippen molar-refractivity contribution in [3.63, 3.8) is 0 Å². The highest BCUT2D eigenvalue weighted by molar-refractivity contribution is 4.72. The van der Waals surface area contributed by atoms with Crippen LogP contribution < -0.4 is 0 Å². The van der Waals surface area contributed by atoms with Crippen LogP contribution >= 0.6 is 0 Å². The number of likely N-dealkylation sites (tertiary alicyclic amines) is 1. The normalized spacial score (nSPS) is 25.4. The zero-order chi connectivity index (χ0) is 9.68. The maximum absolute atomic E-state index is 9.41. The van der Waals surface area contributed by atoms with Crippen LogP contribution in [0.15, 0.2) is 0 Å². The predicted octanol–water partition coefficient (Wildman–Crippen LogP) is 0.0620. The molecule has 4 heteroatoms. The molecule has 0 amide bonds. The number of β-amino-alcohol motifs (C(OH)–C–C–N with tert-alkyl or cyclic N) is 1. The van der Waals surface area contributed by atoms with Crippen LogP contribution in [-0.2, 0) is 9.47 Å². The van der Waals surface area contributed by atoms with Crippen molar-refractivity contribution in [3.8, 4) is 0 Å². The molecular formula is C9H19NO3. The highest BCUT2D eigenvalue weighted by atomic mass is 16.7. The van der Waals surface area contributed by atoms with Gasteiger partial charge in [-0.05, 0) is 19.4 Å². The van der Waals surface area contributed by atoms with Crippen LogP contribution in [0.4, 0.5) is 0 Å². The van der Waals surface area contributed by atoms with E-state index < -0.39 is 0 Å². The minimum atomic E-state index is -0.178. The van der Waals surface area contributed by atoms with E-state index in [-0.39, 0.29) is 12.4 Å². The highest BCUT2D eigenvalue weighted by Gasteiger charge is 2.20. The molecule has 0 spiro atoms. The van der Waals surface area contributed by atoms with Crippen LogP contribution in [0.2, 0.25) is 0 Å². The summed E-state index contributed by atoms with van der Waals surface area (Å²) in [6, 6.07) is 0. The van der Waals surface area contributed by atoms with Crippen molar-refractivity contribution in [2.45, 2.75) is 25.2 Å². The van der Waals surface area contributed by atoms with Gasteiger partial charge in [-0.15, -0.1) is 0 Å². The molecule has 0 bridgehead atoms. The molecular weight excluding hydrogens is 170 g/mol. The number of aliphatic hydroxyl groups is 1. The molecule has 1 rings (SSSR count). The first-order chi connectivity index (χ1) is 6.26. The summed E-state index contributed by atoms with van der Waals surface area (Å²) in [6.45, 7) is 2.51. The summed E-state index contributed by atoms with van der Waals surface area (Å²) in [5.74, 6) is 0. The summed E-state index contributed by atoms with van der Waals surface area (Å²) >= 11 is 0. The summed E-state index contributed by atoms with van der Waals surface area (Å²) in [6.07, 6.45) is 1.62. The Morgan fingerprint density at radius 3 is 2.69 bits per heavy atom. The van der Waals surface area contributed by atoms with Gasteiger partial charge in [0.2, 0.25) is 0 Å². The lowest BCUT2D eigenvalue weighted by atomic mass is 10.1. The Kier molecular flexibility index (Phi) is 4.66. The van der Waals surface area contributed by atoms with Crippen molar-refractivity contribution in [1.29, 1.82) is 0 Å². The lowest BCUT2D eigenvalue weighted by Crippen LogP contribution is -2.43. The van der Waals surface area contributed by atoms with Gasteiger partial charge in [0, 0.05) is 27.3 Å². The van der Waals surface area contributed by atoms with Crippen LogP contribution in [0.25, 0.3) is 0 Å². The summed E-state index contributed by atoms with van der Waals surface area (Å²) < 4.78 is 10.2. The number of nitrogens with zero attached hydrogens (tertiary/aromatic N) is 1. The van der Waals surface area contributed by atoms with Gasteiger partial charge in [-0.3, -0.25) is 4.90 Å². The van der Waals surface area contributed by atoms with Crippen LogP contribution in [0.3, 0.4) is 0 Å². The quantitative estimate of drug-likeness (QED) is 0.635. The topological polar surface area (TPSA) is 41.9 Å². The van der Waals surface area contributed by atoms with E-state index in [9.17, 15) is 5.11 Å². The van der Waals surface area contributed by atoms with E-state index in [1.165, 1.54) is 0 Å². The predicted molar refractivity (Wildman–Crippen MR) is 49.5 cm³/mol. The van der Waals surface area contributed by atoms with Gasteiger partial charge in [0.1, 0.15) is 0 Å². The van der Waals surface area contributed by atoms with Crippen LogP contribution in [0.1, 0.15) is 12.8 Å². The molecule has 0 saturated carbocycles. The molecule has 1 N–H and O–H groups in total. The lowest BCUT2D eigenvalue weighted by molar-refractivity contribution is -0.121. The van der Waals surface area contributed by atoms with Crippen molar-refractivity contribution in [2.75, 3.05) is 33.9 Å². The second kappa shape index (κ2) is 5.54. The van der Waals surface area contributed by atoms with E-state index in [1.807, 2.05) is 0 Å². The fourth-order valence-electron chi connectivity index (χ4n) is 1.65. The Labute approximate surface area is 79.4 Å². The third kappa shape index (κ3) is 3.60. The molecule has 0 aromatic rings. The smallest absolute Gasteiger partial charge is 0.169 e. The van der Waals surface area contributed by atoms with Crippen LogP contribution in [-0.4, -0.2) is 56.3 Å². The number of piperidine rings is 1. The molecule has 1 atom stereocenters. The van der Waals surface area contributed by atoms with Crippen molar-refractivity contribution in [3.05, 3.63) is 0 Å². The first kappa shape index (κ1) is 10.9. The molecule has 1 fully saturated rings. The number of rotatable bonds is 4. The molecule has 1 unspecified atom stereocenters. The van der Waals surface area contributed by atoms with Gasteiger partial charge in [0.05, 0.1) is 6.10 Å². The van der Waals surface area contributed by atoms with Crippen LogP contribution in [0.5, 0.6) is 0 Å². The van der Waals surface area contributed by atoms with Gasteiger partial charge in [0.25, 0.3) is 0 Å². The van der Waals surface area contributed by atoms with E-state index in [1.54, 1.807) is 14.2 Å². The van der Waals surface area contributed by atoms with Crippen LogP contribution in [0, 0.1) is 0 Å². The Balaban J connectivity index is 2.26. The first-order valence-electron chi connectivity index (χ1n) is 4.72. The molecule has 1 aliphatic heterocycles. The zero-order valence-electron chi connectivity index (χ0n) is 8.40. The largest absolute Gasteiger partial charge is 0.392 e. The van der Waals surface area contributed by atoms with Crippen molar-refractivity contribution >= 4 is 0 Å². The van der Waals surface area contributed by atoms with E-state index in [0.29, 0.717) is 0 Å². The second-order valence-corrected chi connectivity index (χ2v) is 3.46. The summed E-state index contributed by atoms with van der Waals surface area (Å²) in [7, 11) is 3.27. The molecule has 0 aromatic carbocycles. The van der Waals surface area contributed by atoms with Gasteiger partial charge in [-0.2, -0.15) is 0 Å². The molecule has 1 aliphatic rings. The first-order valence-corrected chi connectivity index (χ1v) is 4.72. The molecule has 4 nitrogen and oxygen atoms in total. The number of methoxy groups -OCH3 is 2. The van der Waals surface area contributed by atoms with Crippen molar-refractivity contribution in [2.24, 2.45) is 0 Å². The molecule has 78 valence electrons. The number of aliphatic hydroxyl groups excluding tert-OH is 1. The Morgan fingerprint density at radius 2 is 2.15 bits per heavy atom. The van der Waals surface area contributed by atoms with Gasteiger partial charge in [-0.25, -0.2) is 0 Å². The van der Waals surface area contributed by atoms with E-state index in [0.717, 1.165) is 32.5 Å². The molecule has 13 heavy (non-hydrogen) atoms. The second-order valence-electron chi connectivity index (χ2n) is 3.46. The molecule has 0 radical (unpaired) electrons. The summed E-state index contributed by atoms with van der Waals surface area (Å²) in [5.41, 5.74) is 0. The molecule has 1 heterocycles. The maximum atomic E-state index is 9.41. The van der Waals surface area contributed by atoms with Gasteiger partial charge in [-0.1, -0.05) is 0 Å². The molecule has 0 aliphatic carbocycles. The van der Waals surface area contributed by atoms with Gasteiger partial charge >= 0.3 is 0 Å². The number of ether oxygens (including phenoxy) is 2. The number of hydrogen-bond acceptors (Lipinski definition) is 4. The average molecular weight is 189 g/mol. The maximum Gasteiger partial charge on any atom is 0.169 e. The van der Waals surface area contributed by atoms with E-state index in [2.05, 4.69) is 4.90 Å². The molecule has 1 saturated heterocycles. The highest BCUT2D eigenvalue weighted by Crippen LogP contribution is 2.10. The fourth-order valence-corrected chi connectivity index (χ4v) is 1.65.